The van der Waals surface area contributed by atoms with Crippen molar-refractivity contribution in [3.63, 3.8) is 0 Å². The predicted octanol–water partition coefficient (Wildman–Crippen LogP) is 3.49. The molecule has 1 radical (unpaired) electrons. The third-order valence-corrected chi connectivity index (χ3v) is 3.31. The van der Waals surface area contributed by atoms with E-state index in [0.29, 0.717) is 0 Å². The van der Waals surface area contributed by atoms with Crippen LogP contribution in [0.3, 0.4) is 0 Å². The molecule has 2 nitrogen and oxygen atoms in total. The molecule has 0 amide bonds. The Bertz CT molecular complexity index is 509. The van der Waals surface area contributed by atoms with Gasteiger partial charge in [0.05, 0.1) is 6.04 Å². The smallest absolute Gasteiger partial charge is 0.0575 e. The van der Waals surface area contributed by atoms with E-state index in [1.54, 1.807) is 0 Å². The summed E-state index contributed by atoms with van der Waals surface area (Å²) in [5.41, 5.74) is 3.82. The average Bonchev–Trinajstić information content (AvgIpc) is 2.40. The molecule has 0 bridgehead atoms. The maximum absolute atomic E-state index is 4.07. The molecule has 0 aliphatic heterocycles. The second-order valence-electron chi connectivity index (χ2n) is 5.79. The van der Waals surface area contributed by atoms with Crippen LogP contribution >= 0.6 is 0 Å². The van der Waals surface area contributed by atoms with Gasteiger partial charge in [-0.25, -0.2) is 0 Å². The normalized spacial score (nSPS) is 13.3. The van der Waals surface area contributed by atoms with E-state index in [9.17, 15) is 0 Å². The molecule has 1 N–H and O–H groups in total. The molecule has 1 aromatic carbocycles. The Morgan fingerprint density at radius 2 is 1.74 bits per heavy atom. The van der Waals surface area contributed by atoms with Crippen LogP contribution < -0.4 is 5.32 Å². The van der Waals surface area contributed by atoms with Gasteiger partial charge in [0.2, 0.25) is 0 Å². The number of benzene rings is 1. The third-order valence-electron chi connectivity index (χ3n) is 3.31. The molecular formula is C17H21N2. The molecule has 0 spiro atoms. The van der Waals surface area contributed by atoms with Crippen molar-refractivity contribution in [2.45, 2.75) is 32.2 Å². The minimum atomic E-state index is 0.143. The largest absolute Gasteiger partial charge is 0.309 e. The third kappa shape index (κ3) is 3.21. The number of aromatic nitrogens is 1. The molecule has 0 aliphatic rings. The lowest BCUT2D eigenvalue weighted by atomic mass is 9.86. The lowest BCUT2D eigenvalue weighted by molar-refractivity contribution is 0.588. The van der Waals surface area contributed by atoms with Crippen molar-refractivity contribution in [2.75, 3.05) is 7.05 Å². The molecule has 19 heavy (non-hydrogen) atoms. The second-order valence-corrected chi connectivity index (χ2v) is 5.79. The Morgan fingerprint density at radius 1 is 1.05 bits per heavy atom. The van der Waals surface area contributed by atoms with E-state index >= 15 is 0 Å². The fourth-order valence-electron chi connectivity index (χ4n) is 2.16. The van der Waals surface area contributed by atoms with Gasteiger partial charge in [-0.05, 0) is 53.4 Å². The maximum Gasteiger partial charge on any atom is 0.0575 e. The molecule has 1 unspecified atom stereocenters. The summed E-state index contributed by atoms with van der Waals surface area (Å²) in [5.74, 6) is 0. The summed E-state index contributed by atoms with van der Waals surface area (Å²) in [7, 11) is 1.97. The van der Waals surface area contributed by atoms with Gasteiger partial charge in [0.25, 0.3) is 0 Å². The lowest BCUT2D eigenvalue weighted by Gasteiger charge is -2.21. The van der Waals surface area contributed by atoms with Crippen LogP contribution in [0.2, 0.25) is 0 Å². The van der Waals surface area contributed by atoms with Gasteiger partial charge in [-0.2, -0.15) is 0 Å². The molecular weight excluding hydrogens is 232 g/mol. The topological polar surface area (TPSA) is 24.9 Å². The van der Waals surface area contributed by atoms with Crippen LogP contribution in [0.4, 0.5) is 0 Å². The van der Waals surface area contributed by atoms with Crippen LogP contribution in [-0.2, 0) is 5.41 Å². The monoisotopic (exact) mass is 253 g/mol. The first kappa shape index (κ1) is 13.8. The summed E-state index contributed by atoms with van der Waals surface area (Å²) in [5, 5.41) is 3.35. The average molecular weight is 253 g/mol. The molecule has 0 saturated heterocycles. The zero-order valence-electron chi connectivity index (χ0n) is 12.1. The van der Waals surface area contributed by atoms with Crippen LogP contribution in [0.15, 0.2) is 42.7 Å². The van der Waals surface area contributed by atoms with Crippen molar-refractivity contribution in [3.8, 4) is 0 Å². The molecule has 0 aliphatic carbocycles. The summed E-state index contributed by atoms with van der Waals surface area (Å²) >= 11 is 0. The Hall–Kier alpha value is -1.67. The molecule has 2 aromatic rings. The fourth-order valence-corrected chi connectivity index (χ4v) is 2.16. The van der Waals surface area contributed by atoms with E-state index in [-0.39, 0.29) is 11.5 Å². The number of nitrogens with zero attached hydrogens (tertiary/aromatic N) is 1. The first-order valence-corrected chi connectivity index (χ1v) is 6.61. The SMILES string of the molecule is CNC(c1c[c]c(C(C)(C)C)cc1)c1ccncc1. The van der Waals surface area contributed by atoms with Crippen molar-refractivity contribution in [1.82, 2.24) is 10.3 Å². The summed E-state index contributed by atoms with van der Waals surface area (Å²) in [6.07, 6.45) is 3.65. The Kier molecular flexibility index (Phi) is 4.01. The Labute approximate surface area is 115 Å². The Morgan fingerprint density at radius 3 is 2.21 bits per heavy atom. The Balaban J connectivity index is 2.30. The number of nitrogens with one attached hydrogen (secondary N) is 1. The first-order valence-electron chi connectivity index (χ1n) is 6.61. The van der Waals surface area contributed by atoms with Crippen molar-refractivity contribution < 1.29 is 0 Å². The molecule has 0 fully saturated rings. The summed E-state index contributed by atoms with van der Waals surface area (Å²) in [6.45, 7) is 6.62. The van der Waals surface area contributed by atoms with Crippen molar-refractivity contribution in [2.24, 2.45) is 0 Å². The van der Waals surface area contributed by atoms with Crippen molar-refractivity contribution >= 4 is 0 Å². The maximum atomic E-state index is 4.07. The van der Waals surface area contributed by atoms with Crippen LogP contribution in [-0.4, -0.2) is 12.0 Å². The molecule has 99 valence electrons. The van der Waals surface area contributed by atoms with E-state index in [4.69, 9.17) is 0 Å². The van der Waals surface area contributed by atoms with E-state index in [2.05, 4.69) is 55.3 Å². The van der Waals surface area contributed by atoms with Crippen LogP contribution in [0.25, 0.3) is 0 Å². The number of rotatable bonds is 3. The molecule has 2 heteroatoms. The van der Waals surface area contributed by atoms with Crippen molar-refractivity contribution in [1.29, 1.82) is 0 Å². The molecule has 1 aromatic heterocycles. The zero-order valence-corrected chi connectivity index (χ0v) is 12.1. The lowest BCUT2D eigenvalue weighted by Crippen LogP contribution is -2.18. The van der Waals surface area contributed by atoms with Crippen molar-refractivity contribution in [3.05, 3.63) is 65.5 Å². The highest BCUT2D eigenvalue weighted by molar-refractivity contribution is 5.33. The van der Waals surface area contributed by atoms with Crippen LogP contribution in [0.5, 0.6) is 0 Å². The molecule has 1 heterocycles. The van der Waals surface area contributed by atoms with Gasteiger partial charge in [-0.15, -0.1) is 0 Å². The molecule has 1 atom stereocenters. The number of hydrogen-bond acceptors (Lipinski definition) is 2. The zero-order chi connectivity index (χ0) is 13.9. The predicted molar refractivity (Wildman–Crippen MR) is 79.1 cm³/mol. The standard InChI is InChI=1S/C17H21N2/c1-17(2,3)15-7-5-13(6-8-15)16(18-4)14-9-11-19-12-10-14/h5-7,9-12,16,18H,1-4H3. The molecule has 0 saturated carbocycles. The van der Waals surface area contributed by atoms with E-state index in [0.717, 1.165) is 0 Å². The van der Waals surface area contributed by atoms with Gasteiger partial charge in [0.15, 0.2) is 0 Å². The van der Waals surface area contributed by atoms with E-state index in [1.165, 1.54) is 16.7 Å². The fraction of sp³-hybridized carbons (Fsp3) is 0.353. The van der Waals surface area contributed by atoms with Gasteiger partial charge in [-0.3, -0.25) is 4.98 Å². The highest BCUT2D eigenvalue weighted by Crippen LogP contribution is 2.25. The van der Waals surface area contributed by atoms with Gasteiger partial charge < -0.3 is 5.32 Å². The number of pyridine rings is 1. The highest BCUT2D eigenvalue weighted by atomic mass is 14.9. The number of hydrogen-bond donors (Lipinski definition) is 1. The first-order chi connectivity index (χ1) is 9.02. The van der Waals surface area contributed by atoms with E-state index < -0.39 is 0 Å². The quantitative estimate of drug-likeness (QED) is 0.905. The summed E-state index contributed by atoms with van der Waals surface area (Å²) in [6, 6.07) is 14.1. The van der Waals surface area contributed by atoms with Gasteiger partial charge >= 0.3 is 0 Å². The van der Waals surface area contributed by atoms with E-state index in [1.807, 2.05) is 31.6 Å². The van der Waals surface area contributed by atoms with Crippen LogP contribution in [0, 0.1) is 6.07 Å². The minimum Gasteiger partial charge on any atom is -0.309 e. The summed E-state index contributed by atoms with van der Waals surface area (Å²) in [4.78, 5) is 4.07. The highest BCUT2D eigenvalue weighted by Gasteiger charge is 2.16. The van der Waals surface area contributed by atoms with Gasteiger partial charge in [-0.1, -0.05) is 32.9 Å². The second kappa shape index (κ2) is 5.54. The van der Waals surface area contributed by atoms with Gasteiger partial charge in [0.1, 0.15) is 0 Å². The minimum absolute atomic E-state index is 0.143. The van der Waals surface area contributed by atoms with Gasteiger partial charge in [0, 0.05) is 12.4 Å². The summed E-state index contributed by atoms with van der Waals surface area (Å²) < 4.78 is 0. The van der Waals surface area contributed by atoms with Crippen LogP contribution in [0.1, 0.15) is 43.5 Å². The molecule has 2 rings (SSSR count).